The number of hydrogen-bond acceptors (Lipinski definition) is 3. The lowest BCUT2D eigenvalue weighted by Crippen LogP contribution is -2.02. The van der Waals surface area contributed by atoms with E-state index in [0.29, 0.717) is 19.4 Å². The van der Waals surface area contributed by atoms with Gasteiger partial charge in [-0.05, 0) is 51.5 Å². The lowest BCUT2D eigenvalue weighted by Gasteiger charge is -1.98. The van der Waals surface area contributed by atoms with Crippen LogP contribution in [0.3, 0.4) is 0 Å². The molecule has 158 valence electrons. The Hall–Kier alpha value is -1.62. The SMILES string of the molecule is CCCCC/C=C\C/C=C\CCCCCCCC(=O)O.NCCCC(=O)O. The van der Waals surface area contributed by atoms with E-state index in [1.54, 1.807) is 0 Å². The molecule has 0 aromatic carbocycles. The quantitative estimate of drug-likeness (QED) is 0.221. The van der Waals surface area contributed by atoms with Gasteiger partial charge in [-0.2, -0.15) is 0 Å². The molecule has 0 bridgehead atoms. The summed E-state index contributed by atoms with van der Waals surface area (Å²) in [7, 11) is 0. The fourth-order valence-corrected chi connectivity index (χ4v) is 2.34. The monoisotopic (exact) mass is 383 g/mol. The Bertz CT molecular complexity index is 392. The van der Waals surface area contributed by atoms with Gasteiger partial charge in [-0.15, -0.1) is 0 Å². The van der Waals surface area contributed by atoms with Crippen molar-refractivity contribution >= 4 is 11.9 Å². The molecule has 0 spiro atoms. The summed E-state index contributed by atoms with van der Waals surface area (Å²) in [6.45, 7) is 2.70. The average Bonchev–Trinajstić information content (AvgIpc) is 2.63. The highest BCUT2D eigenvalue weighted by atomic mass is 16.4. The molecule has 0 aliphatic carbocycles. The van der Waals surface area contributed by atoms with Crippen LogP contribution in [-0.4, -0.2) is 28.7 Å². The molecule has 0 fully saturated rings. The maximum absolute atomic E-state index is 10.3. The zero-order chi connectivity index (χ0) is 20.6. The van der Waals surface area contributed by atoms with Gasteiger partial charge in [0.1, 0.15) is 0 Å². The van der Waals surface area contributed by atoms with Crippen molar-refractivity contribution in [1.82, 2.24) is 0 Å². The number of nitrogens with two attached hydrogens (primary N) is 1. The summed E-state index contributed by atoms with van der Waals surface area (Å²) in [5.41, 5.74) is 5.01. The normalized spacial score (nSPS) is 10.9. The molecule has 0 aliphatic heterocycles. The van der Waals surface area contributed by atoms with Crippen LogP contribution in [0.15, 0.2) is 24.3 Å². The van der Waals surface area contributed by atoms with Gasteiger partial charge < -0.3 is 15.9 Å². The van der Waals surface area contributed by atoms with Gasteiger partial charge in [0.05, 0.1) is 0 Å². The predicted octanol–water partition coefficient (Wildman–Crippen LogP) is 5.69. The summed E-state index contributed by atoms with van der Waals surface area (Å²) >= 11 is 0. The number of carboxylic acids is 2. The van der Waals surface area contributed by atoms with E-state index in [0.717, 1.165) is 25.7 Å². The molecule has 4 N–H and O–H groups in total. The first kappa shape index (κ1) is 27.6. The summed E-state index contributed by atoms with van der Waals surface area (Å²) in [4.78, 5) is 20.0. The Morgan fingerprint density at radius 3 is 1.67 bits per heavy atom. The number of unbranched alkanes of at least 4 members (excludes halogenated alkanes) is 8. The lowest BCUT2D eigenvalue weighted by atomic mass is 10.1. The van der Waals surface area contributed by atoms with Crippen molar-refractivity contribution in [1.29, 1.82) is 0 Å². The molecule has 0 saturated carbocycles. The van der Waals surface area contributed by atoms with Crippen LogP contribution >= 0.6 is 0 Å². The minimum Gasteiger partial charge on any atom is -0.481 e. The molecule has 0 atom stereocenters. The second-order valence-corrected chi connectivity index (χ2v) is 6.66. The van der Waals surface area contributed by atoms with Crippen molar-refractivity contribution in [2.45, 2.75) is 96.8 Å². The van der Waals surface area contributed by atoms with Crippen LogP contribution in [0.25, 0.3) is 0 Å². The van der Waals surface area contributed by atoms with Crippen LogP contribution in [-0.2, 0) is 9.59 Å². The van der Waals surface area contributed by atoms with E-state index >= 15 is 0 Å². The van der Waals surface area contributed by atoms with Gasteiger partial charge in [-0.1, -0.05) is 63.3 Å². The molecule has 5 nitrogen and oxygen atoms in total. The minimum atomic E-state index is -0.773. The number of carboxylic acid groups (broad SMARTS) is 2. The highest BCUT2D eigenvalue weighted by Crippen LogP contribution is 2.08. The van der Waals surface area contributed by atoms with Gasteiger partial charge in [-0.25, -0.2) is 0 Å². The van der Waals surface area contributed by atoms with E-state index in [9.17, 15) is 9.59 Å². The third-order valence-electron chi connectivity index (χ3n) is 3.94. The fraction of sp³-hybridized carbons (Fsp3) is 0.727. The van der Waals surface area contributed by atoms with Crippen LogP contribution in [0.2, 0.25) is 0 Å². The van der Waals surface area contributed by atoms with Crippen LogP contribution < -0.4 is 5.73 Å². The lowest BCUT2D eigenvalue weighted by molar-refractivity contribution is -0.138. The third-order valence-corrected chi connectivity index (χ3v) is 3.94. The second-order valence-electron chi connectivity index (χ2n) is 6.66. The molecule has 0 saturated heterocycles. The van der Waals surface area contributed by atoms with E-state index in [1.807, 2.05) is 0 Å². The highest BCUT2D eigenvalue weighted by molar-refractivity contribution is 5.66. The van der Waals surface area contributed by atoms with Gasteiger partial charge >= 0.3 is 11.9 Å². The summed E-state index contributed by atoms with van der Waals surface area (Å²) in [6.07, 6.45) is 23.1. The molecule has 0 aromatic heterocycles. The first-order valence-electron chi connectivity index (χ1n) is 10.5. The Kier molecular flexibility index (Phi) is 24.9. The summed E-state index contributed by atoms with van der Waals surface area (Å²) < 4.78 is 0. The smallest absolute Gasteiger partial charge is 0.303 e. The van der Waals surface area contributed by atoms with E-state index in [4.69, 9.17) is 15.9 Å². The Labute approximate surface area is 165 Å². The maximum Gasteiger partial charge on any atom is 0.303 e. The number of hydrogen-bond donors (Lipinski definition) is 3. The summed E-state index contributed by atoms with van der Waals surface area (Å²) in [6, 6.07) is 0. The minimum absolute atomic E-state index is 0.191. The van der Waals surface area contributed by atoms with Gasteiger partial charge in [-0.3, -0.25) is 9.59 Å². The molecule has 0 aliphatic rings. The number of aliphatic carboxylic acids is 2. The second kappa shape index (κ2) is 24.4. The van der Waals surface area contributed by atoms with Crippen molar-refractivity contribution in [3.05, 3.63) is 24.3 Å². The molecule has 0 radical (unpaired) electrons. The predicted molar refractivity (Wildman–Crippen MR) is 113 cm³/mol. The molecular formula is C22H41NO4. The van der Waals surface area contributed by atoms with E-state index in [-0.39, 0.29) is 6.42 Å². The zero-order valence-electron chi connectivity index (χ0n) is 17.2. The van der Waals surface area contributed by atoms with Crippen LogP contribution in [0.1, 0.15) is 96.8 Å². The van der Waals surface area contributed by atoms with Crippen molar-refractivity contribution in [2.24, 2.45) is 5.73 Å². The topological polar surface area (TPSA) is 101 Å². The number of allylic oxidation sites excluding steroid dienone is 4. The fourth-order valence-electron chi connectivity index (χ4n) is 2.34. The third kappa shape index (κ3) is 32.5. The highest BCUT2D eigenvalue weighted by Gasteiger charge is 1.95. The first-order chi connectivity index (χ1) is 13.0. The van der Waals surface area contributed by atoms with E-state index in [2.05, 4.69) is 31.2 Å². The van der Waals surface area contributed by atoms with Crippen molar-refractivity contribution < 1.29 is 19.8 Å². The Morgan fingerprint density at radius 2 is 1.19 bits per heavy atom. The first-order valence-corrected chi connectivity index (χ1v) is 10.5. The molecule has 0 rings (SSSR count). The van der Waals surface area contributed by atoms with E-state index < -0.39 is 11.9 Å². The van der Waals surface area contributed by atoms with Gasteiger partial charge in [0.15, 0.2) is 0 Å². The van der Waals surface area contributed by atoms with Crippen molar-refractivity contribution in [3.63, 3.8) is 0 Å². The van der Waals surface area contributed by atoms with Crippen LogP contribution in [0.4, 0.5) is 0 Å². The summed E-state index contributed by atoms with van der Waals surface area (Å²) in [5, 5.41) is 16.5. The Morgan fingerprint density at radius 1 is 0.704 bits per heavy atom. The molecule has 27 heavy (non-hydrogen) atoms. The zero-order valence-corrected chi connectivity index (χ0v) is 17.2. The molecular weight excluding hydrogens is 342 g/mol. The largest absolute Gasteiger partial charge is 0.481 e. The number of rotatable bonds is 17. The molecule has 0 amide bonds. The van der Waals surface area contributed by atoms with Crippen LogP contribution in [0, 0.1) is 0 Å². The maximum atomic E-state index is 10.3. The molecule has 0 aromatic rings. The molecule has 0 unspecified atom stereocenters. The van der Waals surface area contributed by atoms with Gasteiger partial charge in [0.2, 0.25) is 0 Å². The van der Waals surface area contributed by atoms with Gasteiger partial charge in [0, 0.05) is 12.8 Å². The van der Waals surface area contributed by atoms with Crippen LogP contribution in [0.5, 0.6) is 0 Å². The summed E-state index contributed by atoms with van der Waals surface area (Å²) in [5.74, 6) is -1.44. The van der Waals surface area contributed by atoms with E-state index in [1.165, 1.54) is 44.9 Å². The van der Waals surface area contributed by atoms with Gasteiger partial charge in [0.25, 0.3) is 0 Å². The molecule has 0 heterocycles. The number of carbonyl (C=O) groups is 2. The van der Waals surface area contributed by atoms with Crippen molar-refractivity contribution in [3.8, 4) is 0 Å². The average molecular weight is 384 g/mol. The Balaban J connectivity index is 0. The van der Waals surface area contributed by atoms with Crippen molar-refractivity contribution in [2.75, 3.05) is 6.54 Å². The standard InChI is InChI=1S/C18H32O2.C4H9NO2/c1-2-3-4-5-6-7-8-9-10-11-12-13-14-15-16-17-18(19)20;5-3-1-2-4(6)7/h6-7,9-10H,2-5,8,11-17H2,1H3,(H,19,20);1-3,5H2,(H,6,7)/b7-6-,10-9-;. The molecule has 5 heteroatoms.